The zero-order valence-corrected chi connectivity index (χ0v) is 11.0. The molecule has 2 aromatic rings. The lowest BCUT2D eigenvalue weighted by molar-refractivity contribution is -0.125. The van der Waals surface area contributed by atoms with E-state index in [0.717, 1.165) is 13.0 Å². The third-order valence-corrected chi connectivity index (χ3v) is 3.38. The van der Waals surface area contributed by atoms with Gasteiger partial charge in [-0.2, -0.15) is 0 Å². The molecule has 0 fully saturated rings. The first-order chi connectivity index (χ1) is 9.83. The van der Waals surface area contributed by atoms with Gasteiger partial charge in [-0.1, -0.05) is 30.3 Å². The molecule has 3 nitrogen and oxygen atoms in total. The predicted molar refractivity (Wildman–Crippen MR) is 76.7 cm³/mol. The third-order valence-electron chi connectivity index (χ3n) is 3.38. The number of hydrogen-bond acceptors (Lipinski definition) is 2. The average Bonchev–Trinajstić information content (AvgIpc) is 2.53. The van der Waals surface area contributed by atoms with E-state index >= 15 is 0 Å². The number of pyridine rings is 1. The largest absolute Gasteiger partial charge is 0.327 e. The first kappa shape index (κ1) is 12.4. The fraction of sp³-hybridized carbons (Fsp3) is 0.176. The first-order valence-corrected chi connectivity index (χ1v) is 6.62. The molecular formula is C17H14N2O. The SMILES string of the molecule is O=C(C#Cc1ccccn1)N1CCc2ccccc2C1. The van der Waals surface area contributed by atoms with Crippen LogP contribution in [-0.2, 0) is 17.8 Å². The van der Waals surface area contributed by atoms with Gasteiger partial charge in [-0.05, 0) is 35.6 Å². The number of carbonyl (C=O) groups excluding carboxylic acids is 1. The van der Waals surface area contributed by atoms with Gasteiger partial charge in [0.05, 0.1) is 0 Å². The summed E-state index contributed by atoms with van der Waals surface area (Å²) in [6, 6.07) is 13.7. The second kappa shape index (κ2) is 5.58. The molecule has 98 valence electrons. The third kappa shape index (κ3) is 2.70. The monoisotopic (exact) mass is 262 g/mol. The fourth-order valence-electron chi connectivity index (χ4n) is 2.30. The number of nitrogens with zero attached hydrogens (tertiary/aromatic N) is 2. The molecular weight excluding hydrogens is 248 g/mol. The lowest BCUT2D eigenvalue weighted by Gasteiger charge is -2.27. The normalized spacial score (nSPS) is 13.1. The molecule has 1 aliphatic rings. The van der Waals surface area contributed by atoms with Crippen molar-refractivity contribution in [1.29, 1.82) is 0 Å². The van der Waals surface area contributed by atoms with Gasteiger partial charge in [-0.25, -0.2) is 4.98 Å². The lowest BCUT2D eigenvalue weighted by Crippen LogP contribution is -2.35. The summed E-state index contributed by atoms with van der Waals surface area (Å²) in [5, 5.41) is 0. The van der Waals surface area contributed by atoms with Gasteiger partial charge in [0.15, 0.2) is 0 Å². The van der Waals surface area contributed by atoms with E-state index in [2.05, 4.69) is 29.0 Å². The van der Waals surface area contributed by atoms with Gasteiger partial charge in [-0.15, -0.1) is 0 Å². The molecule has 0 radical (unpaired) electrons. The quantitative estimate of drug-likeness (QED) is 0.681. The predicted octanol–water partition coefficient (Wildman–Crippen LogP) is 2.02. The van der Waals surface area contributed by atoms with Crippen molar-refractivity contribution in [3.63, 3.8) is 0 Å². The molecule has 1 aromatic heterocycles. The molecule has 1 amide bonds. The maximum absolute atomic E-state index is 12.1. The van der Waals surface area contributed by atoms with Crippen LogP contribution in [0.4, 0.5) is 0 Å². The van der Waals surface area contributed by atoms with Crippen molar-refractivity contribution in [2.75, 3.05) is 6.54 Å². The second-order valence-electron chi connectivity index (χ2n) is 4.71. The molecule has 1 aromatic carbocycles. The maximum atomic E-state index is 12.1. The van der Waals surface area contributed by atoms with Crippen LogP contribution in [0.5, 0.6) is 0 Å². The number of benzene rings is 1. The van der Waals surface area contributed by atoms with Gasteiger partial charge in [0.25, 0.3) is 5.91 Å². The van der Waals surface area contributed by atoms with Crippen LogP contribution >= 0.6 is 0 Å². The van der Waals surface area contributed by atoms with Crippen molar-refractivity contribution < 1.29 is 4.79 Å². The minimum absolute atomic E-state index is 0.134. The first-order valence-electron chi connectivity index (χ1n) is 6.62. The minimum atomic E-state index is -0.134. The summed E-state index contributed by atoms with van der Waals surface area (Å²) in [5.74, 6) is 5.35. The van der Waals surface area contributed by atoms with Crippen molar-refractivity contribution in [3.8, 4) is 11.8 Å². The molecule has 3 heteroatoms. The molecule has 20 heavy (non-hydrogen) atoms. The molecule has 0 saturated carbocycles. The molecule has 3 rings (SSSR count). The van der Waals surface area contributed by atoms with E-state index in [-0.39, 0.29) is 5.91 Å². The van der Waals surface area contributed by atoms with Crippen LogP contribution in [0.3, 0.4) is 0 Å². The molecule has 0 atom stereocenters. The van der Waals surface area contributed by atoms with Crippen LogP contribution in [0, 0.1) is 11.8 Å². The molecule has 0 bridgehead atoms. The molecule has 1 aliphatic heterocycles. The van der Waals surface area contributed by atoms with Gasteiger partial charge >= 0.3 is 0 Å². The highest BCUT2D eigenvalue weighted by Gasteiger charge is 2.18. The minimum Gasteiger partial charge on any atom is -0.327 e. The standard InChI is InChI=1S/C17H14N2O/c20-17(9-8-16-7-3-4-11-18-16)19-12-10-14-5-1-2-6-15(14)13-19/h1-7,11H,10,12-13H2. The smallest absolute Gasteiger partial charge is 0.299 e. The van der Waals surface area contributed by atoms with E-state index in [1.807, 2.05) is 24.3 Å². The lowest BCUT2D eigenvalue weighted by atomic mass is 10.00. The Morgan fingerprint density at radius 3 is 2.70 bits per heavy atom. The summed E-state index contributed by atoms with van der Waals surface area (Å²) < 4.78 is 0. The van der Waals surface area contributed by atoms with E-state index in [0.29, 0.717) is 12.2 Å². The van der Waals surface area contributed by atoms with Crippen LogP contribution < -0.4 is 0 Å². The average molecular weight is 262 g/mol. The van der Waals surface area contributed by atoms with Crippen LogP contribution in [0.25, 0.3) is 0 Å². The highest BCUT2D eigenvalue weighted by molar-refractivity contribution is 5.94. The Bertz CT molecular complexity index is 683. The molecule has 0 saturated heterocycles. The van der Waals surface area contributed by atoms with Crippen molar-refractivity contribution >= 4 is 5.91 Å². The van der Waals surface area contributed by atoms with E-state index in [1.54, 1.807) is 17.2 Å². The Balaban J connectivity index is 1.72. The number of amides is 1. The van der Waals surface area contributed by atoms with Gasteiger partial charge in [0.2, 0.25) is 0 Å². The maximum Gasteiger partial charge on any atom is 0.299 e. The van der Waals surface area contributed by atoms with Crippen LogP contribution in [0.1, 0.15) is 16.8 Å². The van der Waals surface area contributed by atoms with Gasteiger partial charge in [0, 0.05) is 25.2 Å². The van der Waals surface area contributed by atoms with Crippen LogP contribution in [0.15, 0.2) is 48.7 Å². The van der Waals surface area contributed by atoms with E-state index in [9.17, 15) is 4.79 Å². The van der Waals surface area contributed by atoms with E-state index in [4.69, 9.17) is 0 Å². The summed E-state index contributed by atoms with van der Waals surface area (Å²) >= 11 is 0. The van der Waals surface area contributed by atoms with Gasteiger partial charge in [-0.3, -0.25) is 4.79 Å². The van der Waals surface area contributed by atoms with E-state index in [1.165, 1.54) is 11.1 Å². The summed E-state index contributed by atoms with van der Waals surface area (Å²) in [5.41, 5.74) is 3.17. The van der Waals surface area contributed by atoms with E-state index < -0.39 is 0 Å². The Hall–Kier alpha value is -2.60. The Morgan fingerprint density at radius 1 is 1.10 bits per heavy atom. The highest BCUT2D eigenvalue weighted by atomic mass is 16.2. The molecule has 0 aliphatic carbocycles. The summed E-state index contributed by atoms with van der Waals surface area (Å²) in [6.45, 7) is 1.37. The molecule has 0 spiro atoms. The summed E-state index contributed by atoms with van der Waals surface area (Å²) in [6.07, 6.45) is 2.57. The second-order valence-corrected chi connectivity index (χ2v) is 4.71. The fourth-order valence-corrected chi connectivity index (χ4v) is 2.30. The molecule has 0 N–H and O–H groups in total. The number of hydrogen-bond donors (Lipinski definition) is 0. The van der Waals surface area contributed by atoms with Crippen molar-refractivity contribution in [3.05, 3.63) is 65.5 Å². The highest BCUT2D eigenvalue weighted by Crippen LogP contribution is 2.18. The van der Waals surface area contributed by atoms with Crippen molar-refractivity contribution in [2.24, 2.45) is 0 Å². The van der Waals surface area contributed by atoms with Crippen molar-refractivity contribution in [1.82, 2.24) is 9.88 Å². The summed E-state index contributed by atoms with van der Waals surface area (Å²) in [7, 11) is 0. The Labute approximate surface area is 118 Å². The van der Waals surface area contributed by atoms with Crippen LogP contribution in [-0.4, -0.2) is 22.3 Å². The topological polar surface area (TPSA) is 33.2 Å². The Morgan fingerprint density at radius 2 is 1.90 bits per heavy atom. The zero-order chi connectivity index (χ0) is 13.8. The number of rotatable bonds is 0. The number of carbonyl (C=O) groups is 1. The van der Waals surface area contributed by atoms with Gasteiger partial charge < -0.3 is 4.90 Å². The summed E-state index contributed by atoms with van der Waals surface area (Å²) in [4.78, 5) is 18.0. The number of fused-ring (bicyclic) bond motifs is 1. The zero-order valence-electron chi connectivity index (χ0n) is 11.0. The molecule has 2 heterocycles. The van der Waals surface area contributed by atoms with Crippen molar-refractivity contribution in [2.45, 2.75) is 13.0 Å². The number of aromatic nitrogens is 1. The van der Waals surface area contributed by atoms with Gasteiger partial charge in [0.1, 0.15) is 5.69 Å². The Kier molecular flexibility index (Phi) is 3.47. The van der Waals surface area contributed by atoms with Crippen LogP contribution in [0.2, 0.25) is 0 Å². The molecule has 0 unspecified atom stereocenters.